The molecule has 206 valence electrons. The number of amides is 2. The molecule has 0 aromatic carbocycles. The van der Waals surface area contributed by atoms with Crippen molar-refractivity contribution in [3.63, 3.8) is 0 Å². The molecule has 0 unspecified atom stereocenters. The SMILES string of the molecule is Cc1nc(C)c(C(=O)N2C[C@@H](C(=O)N[C@@H]([C@@H](C)OCC34CCC(CC3)OC4)C(C)(C)O)C3(CNC3)C2)s1. The normalized spacial score (nSPS) is 30.3. The Bertz CT molecular complexity index is 1010. The minimum Gasteiger partial charge on any atom is -0.388 e. The van der Waals surface area contributed by atoms with Crippen molar-refractivity contribution >= 4 is 23.2 Å². The van der Waals surface area contributed by atoms with Crippen LogP contribution in [0.25, 0.3) is 0 Å². The number of nitrogens with zero attached hydrogens (tertiary/aromatic N) is 2. The van der Waals surface area contributed by atoms with Gasteiger partial charge in [0.15, 0.2) is 0 Å². The molecule has 5 fully saturated rings. The molecule has 2 amide bonds. The zero-order valence-electron chi connectivity index (χ0n) is 22.8. The Labute approximate surface area is 223 Å². The summed E-state index contributed by atoms with van der Waals surface area (Å²) in [6, 6.07) is -0.585. The van der Waals surface area contributed by atoms with E-state index in [1.54, 1.807) is 13.8 Å². The van der Waals surface area contributed by atoms with Gasteiger partial charge in [0.1, 0.15) is 4.88 Å². The van der Waals surface area contributed by atoms with E-state index in [2.05, 4.69) is 15.6 Å². The van der Waals surface area contributed by atoms with Gasteiger partial charge in [-0.25, -0.2) is 4.98 Å². The minimum absolute atomic E-state index is 0.0400. The van der Waals surface area contributed by atoms with E-state index in [0.717, 1.165) is 43.0 Å². The van der Waals surface area contributed by atoms with Crippen LogP contribution in [0.4, 0.5) is 0 Å². The Morgan fingerprint density at radius 2 is 2.03 bits per heavy atom. The summed E-state index contributed by atoms with van der Waals surface area (Å²) in [6.45, 7) is 12.7. The molecule has 1 spiro atoms. The van der Waals surface area contributed by atoms with Gasteiger partial charge in [0.05, 0.1) is 53.7 Å². The maximum absolute atomic E-state index is 13.7. The van der Waals surface area contributed by atoms with Crippen LogP contribution in [0, 0.1) is 30.6 Å². The van der Waals surface area contributed by atoms with E-state index in [1.165, 1.54) is 11.3 Å². The summed E-state index contributed by atoms with van der Waals surface area (Å²) in [6.07, 6.45) is 4.39. The molecule has 5 heterocycles. The van der Waals surface area contributed by atoms with Gasteiger partial charge in [-0.3, -0.25) is 9.59 Å². The minimum atomic E-state index is -1.18. The lowest BCUT2D eigenvalue weighted by atomic mass is 9.72. The van der Waals surface area contributed by atoms with Crippen LogP contribution in [-0.2, 0) is 14.3 Å². The van der Waals surface area contributed by atoms with Crippen LogP contribution in [0.5, 0.6) is 0 Å². The molecular formula is C27H42N4O5S. The van der Waals surface area contributed by atoms with Gasteiger partial charge in [-0.05, 0) is 60.3 Å². The summed E-state index contributed by atoms with van der Waals surface area (Å²) in [5.41, 5.74) is -0.688. The number of hydrogen-bond acceptors (Lipinski definition) is 8. The standard InChI is InChI=1S/C27H42N4O5S/c1-16-21(37-18(3)29-16)24(33)31-10-20(27(13-31)11-28-12-27)23(32)30-22(25(4,5)34)17(2)35-14-26-8-6-19(7-9-26)36-15-26/h17,19-20,22,28,34H,6-15H2,1-5H3,(H,30,32)/t17-,19?,20+,22+,26?/m1/s1. The third-order valence-corrected chi connectivity index (χ3v) is 10.2. The summed E-state index contributed by atoms with van der Waals surface area (Å²) in [5, 5.41) is 18.3. The van der Waals surface area contributed by atoms with Crippen LogP contribution in [0.3, 0.4) is 0 Å². The van der Waals surface area contributed by atoms with Crippen molar-refractivity contribution in [1.29, 1.82) is 0 Å². The number of nitrogens with one attached hydrogen (secondary N) is 2. The van der Waals surface area contributed by atoms with Crippen molar-refractivity contribution < 1.29 is 24.2 Å². The number of ether oxygens (including phenoxy) is 2. The summed E-state index contributed by atoms with van der Waals surface area (Å²) in [5.74, 6) is -0.537. The number of aromatic nitrogens is 1. The fourth-order valence-electron chi connectivity index (χ4n) is 6.68. The monoisotopic (exact) mass is 534 g/mol. The van der Waals surface area contributed by atoms with Crippen molar-refractivity contribution in [1.82, 2.24) is 20.5 Å². The fourth-order valence-corrected chi connectivity index (χ4v) is 7.57. The number of aliphatic hydroxyl groups is 1. The predicted molar refractivity (Wildman–Crippen MR) is 141 cm³/mol. The molecule has 5 aliphatic rings. The van der Waals surface area contributed by atoms with Crippen LogP contribution >= 0.6 is 11.3 Å². The number of fused-ring (bicyclic) bond motifs is 3. The van der Waals surface area contributed by atoms with Crippen LogP contribution in [0.2, 0.25) is 0 Å². The average Bonchev–Trinajstić information content (AvgIpc) is 3.41. The molecule has 1 aliphatic carbocycles. The lowest BCUT2D eigenvalue weighted by Crippen LogP contribution is -2.63. The van der Waals surface area contributed by atoms with E-state index in [9.17, 15) is 14.7 Å². The van der Waals surface area contributed by atoms with Crippen LogP contribution in [0.15, 0.2) is 0 Å². The van der Waals surface area contributed by atoms with Crippen molar-refractivity contribution in [3.05, 3.63) is 15.6 Å². The highest BCUT2D eigenvalue weighted by atomic mass is 32.1. The molecule has 3 N–H and O–H groups in total. The topological polar surface area (TPSA) is 113 Å². The Balaban J connectivity index is 1.26. The van der Waals surface area contributed by atoms with Gasteiger partial charge in [0.25, 0.3) is 5.91 Å². The van der Waals surface area contributed by atoms with E-state index in [-0.39, 0.29) is 34.7 Å². The van der Waals surface area contributed by atoms with Crippen molar-refractivity contribution in [2.75, 3.05) is 39.4 Å². The summed E-state index contributed by atoms with van der Waals surface area (Å²) in [4.78, 5) is 34.0. The molecule has 3 atom stereocenters. The maximum Gasteiger partial charge on any atom is 0.265 e. The molecule has 37 heavy (non-hydrogen) atoms. The van der Waals surface area contributed by atoms with Gasteiger partial charge in [-0.15, -0.1) is 11.3 Å². The number of thiazole rings is 1. The zero-order valence-corrected chi connectivity index (χ0v) is 23.6. The van der Waals surface area contributed by atoms with E-state index >= 15 is 0 Å². The van der Waals surface area contributed by atoms with Crippen molar-refractivity contribution in [2.24, 2.45) is 16.7 Å². The largest absolute Gasteiger partial charge is 0.388 e. The second-order valence-corrected chi connectivity index (χ2v) is 13.7. The van der Waals surface area contributed by atoms with E-state index in [0.29, 0.717) is 43.8 Å². The first-order chi connectivity index (χ1) is 17.4. The highest BCUT2D eigenvalue weighted by Gasteiger charge is 2.55. The number of rotatable bonds is 8. The molecule has 4 aliphatic heterocycles. The van der Waals surface area contributed by atoms with Crippen LogP contribution < -0.4 is 10.6 Å². The Hall–Kier alpha value is -1.59. The fraction of sp³-hybridized carbons (Fsp3) is 0.815. The quantitative estimate of drug-likeness (QED) is 0.468. The Morgan fingerprint density at radius 1 is 1.32 bits per heavy atom. The van der Waals surface area contributed by atoms with Gasteiger partial charge in [0.2, 0.25) is 5.91 Å². The lowest BCUT2D eigenvalue weighted by Gasteiger charge is -2.47. The molecule has 1 saturated carbocycles. The molecule has 9 nitrogen and oxygen atoms in total. The lowest BCUT2D eigenvalue weighted by molar-refractivity contribution is -0.159. The second-order valence-electron chi connectivity index (χ2n) is 12.5. The number of hydrogen-bond donors (Lipinski definition) is 3. The molecule has 2 bridgehead atoms. The first kappa shape index (κ1) is 27.0. The molecule has 0 radical (unpaired) electrons. The number of carbonyl (C=O) groups is 2. The summed E-state index contributed by atoms with van der Waals surface area (Å²) < 4.78 is 12.3. The molecule has 10 heteroatoms. The average molecular weight is 535 g/mol. The smallest absolute Gasteiger partial charge is 0.265 e. The van der Waals surface area contributed by atoms with Gasteiger partial charge >= 0.3 is 0 Å². The third kappa shape index (κ3) is 5.20. The predicted octanol–water partition coefficient (Wildman–Crippen LogP) is 2.04. The highest BCUT2D eigenvalue weighted by Crippen LogP contribution is 2.44. The molecule has 1 aromatic rings. The van der Waals surface area contributed by atoms with Gasteiger partial charge in [0, 0.05) is 37.0 Å². The van der Waals surface area contributed by atoms with E-state index < -0.39 is 11.6 Å². The highest BCUT2D eigenvalue weighted by molar-refractivity contribution is 7.13. The second kappa shape index (κ2) is 9.86. The van der Waals surface area contributed by atoms with Crippen molar-refractivity contribution in [2.45, 2.75) is 84.2 Å². The van der Waals surface area contributed by atoms with Gasteiger partial charge < -0.3 is 30.1 Å². The summed E-state index contributed by atoms with van der Waals surface area (Å²) in [7, 11) is 0. The zero-order chi connectivity index (χ0) is 26.6. The molecule has 4 saturated heterocycles. The summed E-state index contributed by atoms with van der Waals surface area (Å²) >= 11 is 1.41. The molecular weight excluding hydrogens is 492 g/mol. The Kier molecular flexibility index (Phi) is 7.19. The van der Waals surface area contributed by atoms with Crippen LogP contribution in [0.1, 0.15) is 66.8 Å². The number of aryl methyl sites for hydroxylation is 2. The first-order valence-electron chi connectivity index (χ1n) is 13.6. The Morgan fingerprint density at radius 3 is 2.54 bits per heavy atom. The van der Waals surface area contributed by atoms with Crippen molar-refractivity contribution in [3.8, 4) is 0 Å². The van der Waals surface area contributed by atoms with Gasteiger partial charge in [-0.2, -0.15) is 0 Å². The first-order valence-corrected chi connectivity index (χ1v) is 14.4. The maximum atomic E-state index is 13.7. The number of likely N-dealkylation sites (tertiary alicyclic amines) is 1. The third-order valence-electron chi connectivity index (χ3n) is 9.10. The molecule has 1 aromatic heterocycles. The van der Waals surface area contributed by atoms with E-state index in [1.807, 2.05) is 25.7 Å². The molecule has 6 rings (SSSR count). The van der Waals surface area contributed by atoms with Crippen LogP contribution in [-0.4, -0.2) is 90.0 Å². The van der Waals surface area contributed by atoms with E-state index in [4.69, 9.17) is 9.47 Å². The van der Waals surface area contributed by atoms with Gasteiger partial charge in [-0.1, -0.05) is 0 Å². The number of carbonyl (C=O) groups excluding carboxylic acids is 2.